The zero-order valence-electron chi connectivity index (χ0n) is 4.23. The molecule has 0 saturated carbocycles. The van der Waals surface area contributed by atoms with Crippen LogP contribution in [0.25, 0.3) is 0 Å². The van der Waals surface area contributed by atoms with E-state index in [9.17, 15) is 8.42 Å². The highest BCUT2D eigenvalue weighted by molar-refractivity contribution is 7.85. The molecule has 0 atom stereocenters. The minimum Gasteiger partial charge on any atom is -0.459 e. The second-order valence-corrected chi connectivity index (χ2v) is 2.75. The van der Waals surface area contributed by atoms with Crippen molar-refractivity contribution in [2.24, 2.45) is 0 Å². The summed E-state index contributed by atoms with van der Waals surface area (Å²) in [5.74, 6) is 0. The number of hydrogen-bond acceptors (Lipinski definition) is 3. The fourth-order valence-corrected chi connectivity index (χ4v) is 0.742. The van der Waals surface area contributed by atoms with Crippen LogP contribution >= 0.6 is 0 Å². The van der Waals surface area contributed by atoms with Crippen molar-refractivity contribution >= 4 is 10.1 Å². The molecule has 5 heteroatoms. The van der Waals surface area contributed by atoms with E-state index in [2.05, 4.69) is 4.42 Å². The van der Waals surface area contributed by atoms with Gasteiger partial charge in [0, 0.05) is 0 Å². The van der Waals surface area contributed by atoms with Crippen molar-refractivity contribution in [3.8, 4) is 0 Å². The molecule has 0 fully saturated rings. The molecule has 1 N–H and O–H groups in total. The maximum atomic E-state index is 10.2. The van der Waals surface area contributed by atoms with Crippen molar-refractivity contribution in [1.82, 2.24) is 0 Å². The molecule has 0 aromatic carbocycles. The molecule has 0 unspecified atom stereocenters. The lowest BCUT2D eigenvalue weighted by atomic mass is 10.7. The summed E-state index contributed by atoms with van der Waals surface area (Å²) in [4.78, 5) is -0.345. The third kappa shape index (κ3) is 1.30. The van der Waals surface area contributed by atoms with E-state index in [-0.39, 0.29) is 4.90 Å². The van der Waals surface area contributed by atoms with E-state index in [1.807, 2.05) is 6.26 Å². The van der Waals surface area contributed by atoms with Gasteiger partial charge in [-0.3, -0.25) is 4.55 Å². The van der Waals surface area contributed by atoms with Crippen molar-refractivity contribution in [2.75, 3.05) is 0 Å². The molecule has 49 valence electrons. The Hall–Kier alpha value is -0.810. The largest absolute Gasteiger partial charge is 0.459 e. The summed E-state index contributed by atoms with van der Waals surface area (Å²) < 4.78 is 32.9. The molecule has 0 aliphatic carbocycles. The van der Waals surface area contributed by atoms with Gasteiger partial charge in [-0.05, 0) is 6.07 Å². The lowest BCUT2D eigenvalue weighted by molar-refractivity contribution is 0.479. The molecule has 1 heterocycles. The first-order valence-electron chi connectivity index (χ1n) is 2.03. The van der Waals surface area contributed by atoms with E-state index >= 15 is 0 Å². The van der Waals surface area contributed by atoms with Crippen LogP contribution in [-0.2, 0) is 10.1 Å². The van der Waals surface area contributed by atoms with Crippen molar-refractivity contribution in [3.05, 3.63) is 18.6 Å². The normalized spacial score (nSPS) is 11.7. The van der Waals surface area contributed by atoms with Gasteiger partial charge in [0.25, 0.3) is 10.1 Å². The summed E-state index contributed by atoms with van der Waals surface area (Å²) in [5, 5.41) is 0. The average molecular weight is 147 g/mol. The monoisotopic (exact) mass is 147 g/mol. The Morgan fingerprint density at radius 2 is 2.33 bits per heavy atom. The number of furan rings is 1. The summed E-state index contributed by atoms with van der Waals surface area (Å²) in [5.41, 5.74) is 0. The summed E-state index contributed by atoms with van der Waals surface area (Å²) in [6, 6.07) is 1.11. The number of rotatable bonds is 1. The quantitative estimate of drug-likeness (QED) is 0.581. The molecule has 0 bridgehead atoms. The molecule has 0 aliphatic heterocycles. The fraction of sp³-hybridized carbons (Fsp3) is 0. The van der Waals surface area contributed by atoms with Crippen LogP contribution < -0.4 is 0 Å². The second-order valence-electron chi connectivity index (χ2n) is 1.36. The zero-order chi connectivity index (χ0) is 6.91. The van der Waals surface area contributed by atoms with Crippen LogP contribution in [0.5, 0.6) is 0 Å². The predicted molar refractivity (Wildman–Crippen MR) is 27.4 cm³/mol. The van der Waals surface area contributed by atoms with E-state index < -0.39 is 10.1 Å². The Kier molecular flexibility index (Phi) is 1.30. The third-order valence-electron chi connectivity index (χ3n) is 0.725. The van der Waals surface area contributed by atoms with Gasteiger partial charge in [0.1, 0.15) is 4.90 Å². The van der Waals surface area contributed by atoms with Gasteiger partial charge in [-0.2, -0.15) is 8.42 Å². The molecule has 1 aromatic heterocycles. The summed E-state index contributed by atoms with van der Waals surface area (Å²) in [7, 11) is -4.11. The fourth-order valence-electron chi connectivity index (χ4n) is 0.361. The van der Waals surface area contributed by atoms with Gasteiger partial charge in [0.2, 0.25) is 0 Å². The SMILES string of the molecule is O=S(=O)(O)c1[c]occ1. The van der Waals surface area contributed by atoms with Gasteiger partial charge in [-0.15, -0.1) is 0 Å². The maximum absolute atomic E-state index is 10.2. The number of hydrogen-bond donors (Lipinski definition) is 1. The molecule has 0 spiro atoms. The average Bonchev–Trinajstić information content (AvgIpc) is 2.08. The lowest BCUT2D eigenvalue weighted by Gasteiger charge is -1.83. The molecule has 4 nitrogen and oxygen atoms in total. The van der Waals surface area contributed by atoms with Crippen LogP contribution in [0.15, 0.2) is 21.6 Å². The van der Waals surface area contributed by atoms with Crippen LogP contribution in [0.1, 0.15) is 0 Å². The van der Waals surface area contributed by atoms with Crippen LogP contribution in [-0.4, -0.2) is 13.0 Å². The van der Waals surface area contributed by atoms with E-state index in [4.69, 9.17) is 4.55 Å². The van der Waals surface area contributed by atoms with Crippen LogP contribution in [0.3, 0.4) is 0 Å². The Labute approximate surface area is 51.9 Å². The smallest absolute Gasteiger partial charge is 0.298 e. The van der Waals surface area contributed by atoms with E-state index in [1.54, 1.807) is 0 Å². The summed E-state index contributed by atoms with van der Waals surface area (Å²) >= 11 is 0. The predicted octanol–water partition coefficient (Wildman–Crippen LogP) is 0.326. The topological polar surface area (TPSA) is 67.5 Å². The van der Waals surface area contributed by atoms with Crippen LogP contribution in [0.2, 0.25) is 0 Å². The van der Waals surface area contributed by atoms with Gasteiger partial charge in [0.15, 0.2) is 6.26 Å². The molecule has 0 aliphatic rings. The Morgan fingerprint density at radius 1 is 1.67 bits per heavy atom. The standard InChI is InChI=1S/C4H3O4S/c5-9(6,7)4-1-2-8-3-4/h1-2H,(H,5,6,7). The first-order valence-corrected chi connectivity index (χ1v) is 3.47. The molecule has 1 rings (SSSR count). The summed E-state index contributed by atoms with van der Waals surface area (Å²) in [6.45, 7) is 0. The van der Waals surface area contributed by atoms with E-state index in [1.165, 1.54) is 0 Å². The van der Waals surface area contributed by atoms with E-state index in [0.717, 1.165) is 12.3 Å². The highest BCUT2D eigenvalue weighted by atomic mass is 32.2. The highest BCUT2D eigenvalue weighted by Crippen LogP contribution is 2.05. The molecule has 0 amide bonds. The van der Waals surface area contributed by atoms with Crippen LogP contribution in [0, 0.1) is 6.26 Å². The Bertz CT molecular complexity index is 270. The summed E-state index contributed by atoms with van der Waals surface area (Å²) in [6.07, 6.45) is 3.08. The molecule has 9 heavy (non-hydrogen) atoms. The lowest BCUT2D eigenvalue weighted by Crippen LogP contribution is -1.94. The molecular formula is C4H3O4S. The molecular weight excluding hydrogens is 144 g/mol. The third-order valence-corrected chi connectivity index (χ3v) is 1.50. The van der Waals surface area contributed by atoms with Gasteiger partial charge in [-0.25, -0.2) is 0 Å². The first-order chi connectivity index (χ1) is 4.11. The minimum absolute atomic E-state index is 0.345. The van der Waals surface area contributed by atoms with Crippen molar-refractivity contribution in [2.45, 2.75) is 4.90 Å². The van der Waals surface area contributed by atoms with Gasteiger partial charge in [0.05, 0.1) is 6.26 Å². The van der Waals surface area contributed by atoms with E-state index in [0.29, 0.717) is 0 Å². The zero-order valence-corrected chi connectivity index (χ0v) is 5.05. The van der Waals surface area contributed by atoms with Gasteiger partial charge in [-0.1, -0.05) is 0 Å². The molecule has 1 radical (unpaired) electrons. The Morgan fingerprint density at radius 3 is 2.56 bits per heavy atom. The molecule has 0 saturated heterocycles. The van der Waals surface area contributed by atoms with Crippen molar-refractivity contribution < 1.29 is 17.4 Å². The Balaban J connectivity index is 3.20. The van der Waals surface area contributed by atoms with Crippen molar-refractivity contribution in [3.63, 3.8) is 0 Å². The van der Waals surface area contributed by atoms with Crippen molar-refractivity contribution in [1.29, 1.82) is 0 Å². The van der Waals surface area contributed by atoms with Gasteiger partial charge >= 0.3 is 0 Å². The van der Waals surface area contributed by atoms with Crippen LogP contribution in [0.4, 0.5) is 0 Å². The molecule has 1 aromatic rings. The van der Waals surface area contributed by atoms with Gasteiger partial charge < -0.3 is 4.42 Å². The first kappa shape index (κ1) is 6.31. The highest BCUT2D eigenvalue weighted by Gasteiger charge is 2.09. The second kappa shape index (κ2) is 1.85. The minimum atomic E-state index is -4.11. The maximum Gasteiger partial charge on any atom is 0.298 e.